The number of rotatable bonds is 4. The lowest BCUT2D eigenvalue weighted by Crippen LogP contribution is -2.18. The van der Waals surface area contributed by atoms with E-state index in [1.165, 1.54) is 0 Å². The molecule has 0 bridgehead atoms. The molecule has 1 aromatic heterocycles. The molecule has 1 aromatic carbocycles. The van der Waals surface area contributed by atoms with Crippen molar-refractivity contribution in [3.05, 3.63) is 45.7 Å². The quantitative estimate of drug-likeness (QED) is 0.924. The lowest BCUT2D eigenvalue weighted by molar-refractivity contribution is -0.119. The summed E-state index contributed by atoms with van der Waals surface area (Å²) in [6.07, 6.45) is 1.27. The molecule has 1 N–H and O–H groups in total. The average molecular weight is 348 g/mol. The van der Waals surface area contributed by atoms with Crippen molar-refractivity contribution in [2.45, 2.75) is 25.7 Å². The summed E-state index contributed by atoms with van der Waals surface area (Å²) in [5, 5.41) is 7.76. The van der Waals surface area contributed by atoms with Crippen molar-refractivity contribution in [3.63, 3.8) is 0 Å². The van der Waals surface area contributed by atoms with Crippen LogP contribution >= 0.6 is 15.9 Å². The summed E-state index contributed by atoms with van der Waals surface area (Å²) in [5.74, 6) is 0.173. The molecule has 5 heteroatoms. The van der Waals surface area contributed by atoms with Gasteiger partial charge in [-0.2, -0.15) is 5.10 Å². The third kappa shape index (κ3) is 2.50. The standard InChI is InChI=1S/C16H18BrN3O/c1-3-12-16(17)14(20(2)19-12)8-15(21)11-9-18-13-7-5-4-6-10(11)13/h4-7,11,18H,3,8-9H2,1-2H3. The Morgan fingerprint density at radius 2 is 2.24 bits per heavy atom. The number of aromatic nitrogens is 2. The summed E-state index contributed by atoms with van der Waals surface area (Å²) < 4.78 is 2.79. The number of nitrogens with one attached hydrogen (secondary N) is 1. The van der Waals surface area contributed by atoms with Crippen molar-refractivity contribution in [1.82, 2.24) is 9.78 Å². The number of carbonyl (C=O) groups excluding carboxylic acids is 1. The van der Waals surface area contributed by atoms with E-state index in [0.29, 0.717) is 13.0 Å². The number of aryl methyl sites for hydroxylation is 2. The van der Waals surface area contributed by atoms with Crippen molar-refractivity contribution in [1.29, 1.82) is 0 Å². The van der Waals surface area contributed by atoms with E-state index in [0.717, 1.165) is 33.5 Å². The second kappa shape index (κ2) is 5.64. The Morgan fingerprint density at radius 1 is 1.48 bits per heavy atom. The van der Waals surface area contributed by atoms with Gasteiger partial charge in [0.05, 0.1) is 28.2 Å². The van der Waals surface area contributed by atoms with Gasteiger partial charge in [-0.25, -0.2) is 0 Å². The smallest absolute Gasteiger partial charge is 0.148 e. The number of hydrogen-bond acceptors (Lipinski definition) is 3. The molecule has 4 nitrogen and oxygen atoms in total. The molecule has 0 fully saturated rings. The predicted molar refractivity (Wildman–Crippen MR) is 86.7 cm³/mol. The van der Waals surface area contributed by atoms with Gasteiger partial charge in [0.15, 0.2) is 0 Å². The summed E-state index contributed by atoms with van der Waals surface area (Å²) >= 11 is 3.58. The van der Waals surface area contributed by atoms with E-state index in [-0.39, 0.29) is 11.7 Å². The summed E-state index contributed by atoms with van der Waals surface area (Å²) in [6, 6.07) is 8.04. The van der Waals surface area contributed by atoms with Crippen LogP contribution < -0.4 is 5.32 Å². The van der Waals surface area contributed by atoms with E-state index in [1.807, 2.05) is 36.0 Å². The van der Waals surface area contributed by atoms with Gasteiger partial charge in [-0.3, -0.25) is 9.48 Å². The molecule has 3 rings (SSSR count). The molecule has 1 aliphatic heterocycles. The van der Waals surface area contributed by atoms with Crippen LogP contribution in [0.1, 0.15) is 29.8 Å². The van der Waals surface area contributed by atoms with Crippen molar-refractivity contribution in [3.8, 4) is 0 Å². The largest absolute Gasteiger partial charge is 0.384 e. The fraction of sp³-hybridized carbons (Fsp3) is 0.375. The predicted octanol–water partition coefficient (Wildman–Crippen LogP) is 3.07. The minimum absolute atomic E-state index is 0.0620. The highest BCUT2D eigenvalue weighted by molar-refractivity contribution is 9.10. The molecule has 110 valence electrons. The first-order valence-corrected chi connectivity index (χ1v) is 7.96. The molecule has 0 spiro atoms. The highest BCUT2D eigenvalue weighted by atomic mass is 79.9. The molecule has 2 aromatic rings. The average Bonchev–Trinajstić information content (AvgIpc) is 3.03. The maximum atomic E-state index is 12.7. The molecule has 21 heavy (non-hydrogen) atoms. The third-order valence-electron chi connectivity index (χ3n) is 4.07. The molecule has 0 saturated carbocycles. The Bertz CT molecular complexity index is 693. The second-order valence-electron chi connectivity index (χ2n) is 5.35. The zero-order valence-corrected chi connectivity index (χ0v) is 13.8. The Balaban J connectivity index is 1.84. The first kappa shape index (κ1) is 14.3. The Kier molecular flexibility index (Phi) is 3.85. The maximum Gasteiger partial charge on any atom is 0.148 e. The fourth-order valence-electron chi connectivity index (χ4n) is 2.87. The molecular weight excluding hydrogens is 330 g/mol. The monoisotopic (exact) mass is 347 g/mol. The minimum atomic E-state index is -0.0620. The SMILES string of the molecule is CCc1nn(C)c(CC(=O)C2CNc3ccccc32)c1Br. The number of nitrogens with zero attached hydrogens (tertiary/aromatic N) is 2. The van der Waals surface area contributed by atoms with E-state index in [9.17, 15) is 4.79 Å². The molecule has 0 saturated heterocycles. The number of hydrogen-bond donors (Lipinski definition) is 1. The number of Topliss-reactive ketones (excluding diaryl/α,β-unsaturated/α-hetero) is 1. The van der Waals surface area contributed by atoms with Gasteiger partial charge in [0.1, 0.15) is 5.78 Å². The molecule has 2 heterocycles. The Hall–Kier alpha value is -1.62. The van der Waals surface area contributed by atoms with Gasteiger partial charge in [0, 0.05) is 19.3 Å². The molecule has 1 aliphatic rings. The second-order valence-corrected chi connectivity index (χ2v) is 6.14. The number of halogens is 1. The van der Waals surface area contributed by atoms with E-state index >= 15 is 0 Å². The van der Waals surface area contributed by atoms with Crippen LogP contribution in [0, 0.1) is 0 Å². The van der Waals surface area contributed by atoms with Gasteiger partial charge in [-0.15, -0.1) is 0 Å². The summed E-state index contributed by atoms with van der Waals surface area (Å²) in [7, 11) is 1.90. The van der Waals surface area contributed by atoms with Crippen LogP contribution in [0.5, 0.6) is 0 Å². The van der Waals surface area contributed by atoms with E-state index < -0.39 is 0 Å². The summed E-state index contributed by atoms with van der Waals surface area (Å²) in [4.78, 5) is 12.7. The van der Waals surface area contributed by atoms with Gasteiger partial charge < -0.3 is 5.32 Å². The van der Waals surface area contributed by atoms with Gasteiger partial charge >= 0.3 is 0 Å². The number of anilines is 1. The van der Waals surface area contributed by atoms with Gasteiger partial charge in [-0.1, -0.05) is 25.1 Å². The molecule has 0 radical (unpaired) electrons. The maximum absolute atomic E-state index is 12.7. The van der Waals surface area contributed by atoms with Crippen LogP contribution in [0.15, 0.2) is 28.7 Å². The van der Waals surface area contributed by atoms with E-state index in [2.05, 4.69) is 33.3 Å². The Labute approximate surface area is 132 Å². The molecular formula is C16H18BrN3O. The van der Waals surface area contributed by atoms with Crippen LogP contribution in [0.3, 0.4) is 0 Å². The number of para-hydroxylation sites is 1. The van der Waals surface area contributed by atoms with Crippen LogP contribution in [-0.2, 0) is 24.7 Å². The number of benzene rings is 1. The highest BCUT2D eigenvalue weighted by Gasteiger charge is 2.29. The van der Waals surface area contributed by atoms with Crippen LogP contribution in [0.4, 0.5) is 5.69 Å². The molecule has 1 unspecified atom stereocenters. The van der Waals surface area contributed by atoms with Crippen LogP contribution in [-0.4, -0.2) is 22.1 Å². The topological polar surface area (TPSA) is 46.9 Å². The number of fused-ring (bicyclic) bond motifs is 1. The summed E-state index contributed by atoms with van der Waals surface area (Å²) in [6.45, 7) is 2.75. The van der Waals surface area contributed by atoms with Crippen molar-refractivity contribution >= 4 is 27.4 Å². The lowest BCUT2D eigenvalue weighted by atomic mass is 9.94. The van der Waals surface area contributed by atoms with Crippen molar-refractivity contribution in [2.75, 3.05) is 11.9 Å². The number of ketones is 1. The van der Waals surface area contributed by atoms with E-state index in [4.69, 9.17) is 0 Å². The van der Waals surface area contributed by atoms with Crippen molar-refractivity contribution in [2.24, 2.45) is 7.05 Å². The fourth-order valence-corrected chi connectivity index (χ4v) is 3.63. The zero-order chi connectivity index (χ0) is 15.0. The first-order chi connectivity index (χ1) is 10.1. The van der Waals surface area contributed by atoms with Crippen molar-refractivity contribution < 1.29 is 4.79 Å². The van der Waals surface area contributed by atoms with Gasteiger partial charge in [0.25, 0.3) is 0 Å². The molecule has 0 amide bonds. The van der Waals surface area contributed by atoms with Gasteiger partial charge in [-0.05, 0) is 34.0 Å². The zero-order valence-electron chi connectivity index (χ0n) is 12.2. The Morgan fingerprint density at radius 3 is 2.95 bits per heavy atom. The minimum Gasteiger partial charge on any atom is -0.384 e. The molecule has 0 aliphatic carbocycles. The summed E-state index contributed by atoms with van der Waals surface area (Å²) in [5.41, 5.74) is 4.15. The van der Waals surface area contributed by atoms with Crippen LogP contribution in [0.2, 0.25) is 0 Å². The third-order valence-corrected chi connectivity index (χ3v) is 4.98. The lowest BCUT2D eigenvalue weighted by Gasteiger charge is -2.09. The molecule has 1 atom stereocenters. The van der Waals surface area contributed by atoms with Crippen LogP contribution in [0.25, 0.3) is 0 Å². The highest BCUT2D eigenvalue weighted by Crippen LogP contribution is 2.33. The van der Waals surface area contributed by atoms with E-state index in [1.54, 1.807) is 0 Å². The normalized spacial score (nSPS) is 16.6. The number of carbonyl (C=O) groups is 1. The van der Waals surface area contributed by atoms with Gasteiger partial charge in [0.2, 0.25) is 0 Å². The first-order valence-electron chi connectivity index (χ1n) is 7.17.